The lowest BCUT2D eigenvalue weighted by Crippen LogP contribution is -2.61. The topological polar surface area (TPSA) is 28.2 Å². The number of aromatic nitrogens is 1. The molecule has 1 aliphatic heterocycles. The van der Waals surface area contributed by atoms with E-state index in [9.17, 15) is 0 Å². The number of hydrogen-bond donors (Lipinski definition) is 1. The normalized spacial score (nSPS) is 29.4. The Bertz CT molecular complexity index is 404. The molecular weight excluding hydrogens is 222 g/mol. The third-order valence-electron chi connectivity index (χ3n) is 4.25. The summed E-state index contributed by atoms with van der Waals surface area (Å²) < 4.78 is 0. The Balaban J connectivity index is 2.10. The van der Waals surface area contributed by atoms with E-state index in [0.29, 0.717) is 6.04 Å². The van der Waals surface area contributed by atoms with Crippen molar-refractivity contribution in [3.8, 4) is 0 Å². The molecule has 1 aromatic rings. The summed E-state index contributed by atoms with van der Waals surface area (Å²) >= 11 is 0. The number of nitrogens with one attached hydrogen (secondary N) is 1. The molecular formula is C15H25N3. The zero-order valence-electron chi connectivity index (χ0n) is 12.0. The van der Waals surface area contributed by atoms with Crippen LogP contribution < -0.4 is 5.32 Å². The first-order valence-electron chi connectivity index (χ1n) is 6.93. The van der Waals surface area contributed by atoms with Gasteiger partial charge in [-0.1, -0.05) is 13.0 Å². The third kappa shape index (κ3) is 2.90. The van der Waals surface area contributed by atoms with Crippen LogP contribution in [0.4, 0.5) is 0 Å². The molecule has 100 valence electrons. The molecule has 1 aliphatic rings. The van der Waals surface area contributed by atoms with Gasteiger partial charge in [-0.2, -0.15) is 0 Å². The van der Waals surface area contributed by atoms with Crippen LogP contribution in [0.15, 0.2) is 18.3 Å². The molecule has 2 rings (SSSR count). The molecule has 0 bridgehead atoms. The number of pyridine rings is 1. The molecule has 3 heteroatoms. The molecule has 18 heavy (non-hydrogen) atoms. The second kappa shape index (κ2) is 5.37. The van der Waals surface area contributed by atoms with E-state index >= 15 is 0 Å². The molecule has 0 saturated carbocycles. The Morgan fingerprint density at radius 3 is 3.00 bits per heavy atom. The highest BCUT2D eigenvalue weighted by molar-refractivity contribution is 5.17. The van der Waals surface area contributed by atoms with Crippen LogP contribution in [0.3, 0.4) is 0 Å². The average Bonchev–Trinajstić information content (AvgIpc) is 2.37. The first-order valence-corrected chi connectivity index (χ1v) is 6.93. The molecule has 2 atom stereocenters. The van der Waals surface area contributed by atoms with E-state index in [2.05, 4.69) is 49.0 Å². The van der Waals surface area contributed by atoms with E-state index in [1.165, 1.54) is 11.3 Å². The van der Waals surface area contributed by atoms with Crippen molar-refractivity contribution in [1.82, 2.24) is 15.2 Å². The zero-order valence-corrected chi connectivity index (χ0v) is 12.0. The van der Waals surface area contributed by atoms with Crippen molar-refractivity contribution in [3.05, 3.63) is 29.6 Å². The van der Waals surface area contributed by atoms with Gasteiger partial charge in [0.05, 0.1) is 5.69 Å². The summed E-state index contributed by atoms with van der Waals surface area (Å²) in [4.78, 5) is 7.07. The van der Waals surface area contributed by atoms with E-state index in [1.807, 2.05) is 12.3 Å². The smallest absolute Gasteiger partial charge is 0.0573 e. The number of nitrogens with zero attached hydrogens (tertiary/aromatic N) is 2. The number of rotatable bonds is 3. The monoisotopic (exact) mass is 247 g/mol. The van der Waals surface area contributed by atoms with Crippen molar-refractivity contribution < 1.29 is 0 Å². The minimum absolute atomic E-state index is 0.245. The van der Waals surface area contributed by atoms with Gasteiger partial charge in [0.15, 0.2) is 0 Å². The van der Waals surface area contributed by atoms with Crippen LogP contribution in [0.5, 0.6) is 0 Å². The summed E-state index contributed by atoms with van der Waals surface area (Å²) in [6.45, 7) is 12.1. The molecule has 1 fully saturated rings. The Labute approximate surface area is 111 Å². The zero-order chi connectivity index (χ0) is 13.2. The highest BCUT2D eigenvalue weighted by atomic mass is 15.2. The summed E-state index contributed by atoms with van der Waals surface area (Å²) in [7, 11) is 0. The molecule has 0 aliphatic carbocycles. The molecule has 0 aromatic carbocycles. The van der Waals surface area contributed by atoms with Crippen molar-refractivity contribution in [2.24, 2.45) is 0 Å². The van der Waals surface area contributed by atoms with E-state index < -0.39 is 0 Å². The summed E-state index contributed by atoms with van der Waals surface area (Å²) in [5.74, 6) is 0. The molecule has 1 aromatic heterocycles. The SMILES string of the molecule is CCC1(C)CN(Cc2ncccc2C)C(C)CN1. The molecule has 0 amide bonds. The largest absolute Gasteiger partial charge is 0.309 e. The van der Waals surface area contributed by atoms with E-state index in [1.54, 1.807) is 0 Å². The van der Waals surface area contributed by atoms with Gasteiger partial charge in [0.2, 0.25) is 0 Å². The molecule has 1 N–H and O–H groups in total. The summed E-state index contributed by atoms with van der Waals surface area (Å²) in [6.07, 6.45) is 3.06. The van der Waals surface area contributed by atoms with Crippen LogP contribution in [-0.2, 0) is 6.54 Å². The lowest BCUT2D eigenvalue weighted by atomic mass is 9.93. The maximum absolute atomic E-state index is 4.52. The second-order valence-electron chi connectivity index (χ2n) is 5.82. The Morgan fingerprint density at radius 1 is 1.56 bits per heavy atom. The van der Waals surface area contributed by atoms with Gasteiger partial charge in [0, 0.05) is 37.4 Å². The van der Waals surface area contributed by atoms with Crippen molar-refractivity contribution in [1.29, 1.82) is 0 Å². The highest BCUT2D eigenvalue weighted by Crippen LogP contribution is 2.21. The van der Waals surface area contributed by atoms with Gasteiger partial charge >= 0.3 is 0 Å². The van der Waals surface area contributed by atoms with E-state index in [4.69, 9.17) is 0 Å². The summed E-state index contributed by atoms with van der Waals surface area (Å²) in [6, 6.07) is 4.73. The molecule has 2 heterocycles. The van der Waals surface area contributed by atoms with Crippen LogP contribution >= 0.6 is 0 Å². The molecule has 0 radical (unpaired) electrons. The van der Waals surface area contributed by atoms with Gasteiger partial charge in [0.25, 0.3) is 0 Å². The van der Waals surface area contributed by atoms with Crippen molar-refractivity contribution >= 4 is 0 Å². The maximum Gasteiger partial charge on any atom is 0.0573 e. The fourth-order valence-corrected chi connectivity index (χ4v) is 2.51. The van der Waals surface area contributed by atoms with Crippen molar-refractivity contribution in [3.63, 3.8) is 0 Å². The fraction of sp³-hybridized carbons (Fsp3) is 0.667. The standard InChI is InChI=1S/C15H25N3/c1-5-15(4)11-18(13(3)9-17-15)10-14-12(2)7-6-8-16-14/h6-8,13,17H,5,9-11H2,1-4H3. The van der Waals surface area contributed by atoms with Gasteiger partial charge in [-0.25, -0.2) is 0 Å². The minimum atomic E-state index is 0.245. The molecule has 1 saturated heterocycles. The first kappa shape index (κ1) is 13.5. The van der Waals surface area contributed by atoms with Crippen LogP contribution in [0.2, 0.25) is 0 Å². The number of aryl methyl sites for hydroxylation is 1. The van der Waals surface area contributed by atoms with Crippen molar-refractivity contribution in [2.45, 2.75) is 52.2 Å². The third-order valence-corrected chi connectivity index (χ3v) is 4.25. The van der Waals surface area contributed by atoms with Crippen LogP contribution in [0.25, 0.3) is 0 Å². The van der Waals surface area contributed by atoms with Crippen LogP contribution in [-0.4, -0.2) is 34.6 Å². The number of piperazine rings is 1. The van der Waals surface area contributed by atoms with Crippen LogP contribution in [0, 0.1) is 6.92 Å². The van der Waals surface area contributed by atoms with Gasteiger partial charge in [-0.05, 0) is 38.8 Å². The molecule has 0 spiro atoms. The first-order chi connectivity index (χ1) is 8.54. The van der Waals surface area contributed by atoms with Gasteiger partial charge < -0.3 is 5.32 Å². The predicted molar refractivity (Wildman–Crippen MR) is 75.5 cm³/mol. The lowest BCUT2D eigenvalue weighted by molar-refractivity contribution is 0.0853. The van der Waals surface area contributed by atoms with Crippen molar-refractivity contribution in [2.75, 3.05) is 13.1 Å². The average molecular weight is 247 g/mol. The van der Waals surface area contributed by atoms with E-state index in [-0.39, 0.29) is 5.54 Å². The quantitative estimate of drug-likeness (QED) is 0.888. The predicted octanol–water partition coefficient (Wildman–Crippen LogP) is 2.35. The maximum atomic E-state index is 4.52. The Hall–Kier alpha value is -0.930. The Kier molecular flexibility index (Phi) is 4.03. The highest BCUT2D eigenvalue weighted by Gasteiger charge is 2.32. The van der Waals surface area contributed by atoms with Gasteiger partial charge in [0.1, 0.15) is 0 Å². The van der Waals surface area contributed by atoms with Gasteiger partial charge in [-0.15, -0.1) is 0 Å². The summed E-state index contributed by atoms with van der Waals surface area (Å²) in [5, 5.41) is 3.66. The second-order valence-corrected chi connectivity index (χ2v) is 5.82. The van der Waals surface area contributed by atoms with Crippen LogP contribution in [0.1, 0.15) is 38.4 Å². The van der Waals surface area contributed by atoms with E-state index in [0.717, 1.165) is 26.1 Å². The fourth-order valence-electron chi connectivity index (χ4n) is 2.51. The Morgan fingerprint density at radius 2 is 2.33 bits per heavy atom. The summed E-state index contributed by atoms with van der Waals surface area (Å²) in [5.41, 5.74) is 2.75. The molecule has 2 unspecified atom stereocenters. The van der Waals surface area contributed by atoms with Gasteiger partial charge in [-0.3, -0.25) is 9.88 Å². The lowest BCUT2D eigenvalue weighted by Gasteiger charge is -2.45. The minimum Gasteiger partial charge on any atom is -0.309 e. The number of hydrogen-bond acceptors (Lipinski definition) is 3. The molecule has 3 nitrogen and oxygen atoms in total.